The molecule has 0 spiro atoms. The van der Waals surface area contributed by atoms with Gasteiger partial charge in [-0.1, -0.05) is 26.3 Å². The number of carbonyl (C=O) groups excluding carboxylic acids is 1. The highest BCUT2D eigenvalue weighted by Gasteiger charge is 2.10. The third-order valence-electron chi connectivity index (χ3n) is 2.50. The molecule has 1 unspecified atom stereocenters. The number of hydrogen-bond acceptors (Lipinski definition) is 2. The fraction of sp³-hybridized carbons (Fsp3) is 0.667. The van der Waals surface area contributed by atoms with E-state index in [1.807, 2.05) is 0 Å². The van der Waals surface area contributed by atoms with Crippen molar-refractivity contribution in [2.75, 3.05) is 6.54 Å². The Balaban J connectivity index is 3.79. The van der Waals surface area contributed by atoms with E-state index in [4.69, 9.17) is 5.11 Å². The van der Waals surface area contributed by atoms with Crippen LogP contribution in [-0.2, 0) is 9.59 Å². The van der Waals surface area contributed by atoms with Crippen molar-refractivity contribution in [3.05, 3.63) is 12.7 Å². The second kappa shape index (κ2) is 8.95. The van der Waals surface area contributed by atoms with Crippen LogP contribution in [0.4, 0.5) is 0 Å². The summed E-state index contributed by atoms with van der Waals surface area (Å²) in [5.41, 5.74) is 0. The molecule has 1 amide bonds. The van der Waals surface area contributed by atoms with Crippen molar-refractivity contribution in [3.63, 3.8) is 0 Å². The fourth-order valence-electron chi connectivity index (χ4n) is 1.64. The zero-order chi connectivity index (χ0) is 12.4. The molecule has 0 aliphatic carbocycles. The third-order valence-corrected chi connectivity index (χ3v) is 2.50. The normalized spacial score (nSPS) is 11.8. The highest BCUT2D eigenvalue weighted by Crippen LogP contribution is 2.16. The number of rotatable bonds is 9. The average Bonchev–Trinajstić information content (AvgIpc) is 2.25. The highest BCUT2D eigenvalue weighted by molar-refractivity contribution is 5.86. The molecule has 0 saturated carbocycles. The van der Waals surface area contributed by atoms with Crippen molar-refractivity contribution < 1.29 is 14.7 Å². The molecular weight excluding hydrogens is 206 g/mol. The number of aliphatic carboxylic acids is 1. The SMILES string of the molecule is C=CC(=O)NCCC(CCC)CCC(=O)O. The predicted octanol–water partition coefficient (Wildman–Crippen LogP) is 1.96. The van der Waals surface area contributed by atoms with Gasteiger partial charge in [0, 0.05) is 13.0 Å². The van der Waals surface area contributed by atoms with Gasteiger partial charge in [-0.05, 0) is 24.8 Å². The molecule has 0 rings (SSSR count). The number of carboxylic acid groups (broad SMARTS) is 1. The maximum absolute atomic E-state index is 10.9. The molecule has 92 valence electrons. The molecular formula is C12H21NO3. The number of carboxylic acids is 1. The first-order valence-electron chi connectivity index (χ1n) is 5.72. The van der Waals surface area contributed by atoms with E-state index in [0.29, 0.717) is 18.9 Å². The first kappa shape index (κ1) is 14.7. The lowest BCUT2D eigenvalue weighted by Gasteiger charge is -2.14. The van der Waals surface area contributed by atoms with Crippen molar-refractivity contribution in [1.29, 1.82) is 0 Å². The predicted molar refractivity (Wildman–Crippen MR) is 63.1 cm³/mol. The van der Waals surface area contributed by atoms with Crippen LogP contribution < -0.4 is 5.32 Å². The molecule has 2 N–H and O–H groups in total. The van der Waals surface area contributed by atoms with Crippen molar-refractivity contribution in [2.45, 2.75) is 39.0 Å². The van der Waals surface area contributed by atoms with E-state index < -0.39 is 5.97 Å². The lowest BCUT2D eigenvalue weighted by atomic mass is 9.94. The Morgan fingerprint density at radius 3 is 2.56 bits per heavy atom. The van der Waals surface area contributed by atoms with E-state index >= 15 is 0 Å². The Bertz CT molecular complexity index is 238. The van der Waals surface area contributed by atoms with Crippen LogP contribution in [0.25, 0.3) is 0 Å². The summed E-state index contributed by atoms with van der Waals surface area (Å²) in [7, 11) is 0. The van der Waals surface area contributed by atoms with Gasteiger partial charge in [-0.25, -0.2) is 0 Å². The zero-order valence-corrected chi connectivity index (χ0v) is 9.87. The Kier molecular flexibility index (Phi) is 8.21. The van der Waals surface area contributed by atoms with Crippen LogP contribution in [0.5, 0.6) is 0 Å². The molecule has 0 radical (unpaired) electrons. The maximum Gasteiger partial charge on any atom is 0.303 e. The smallest absolute Gasteiger partial charge is 0.303 e. The van der Waals surface area contributed by atoms with Crippen LogP contribution in [0.15, 0.2) is 12.7 Å². The summed E-state index contributed by atoms with van der Waals surface area (Å²) in [4.78, 5) is 21.3. The number of hydrogen-bond donors (Lipinski definition) is 2. The van der Waals surface area contributed by atoms with Gasteiger partial charge >= 0.3 is 5.97 Å². The summed E-state index contributed by atoms with van der Waals surface area (Å²) < 4.78 is 0. The van der Waals surface area contributed by atoms with Crippen LogP contribution in [0, 0.1) is 5.92 Å². The summed E-state index contributed by atoms with van der Waals surface area (Å²) in [6, 6.07) is 0. The molecule has 0 aliphatic heterocycles. The van der Waals surface area contributed by atoms with Crippen LogP contribution in [0.1, 0.15) is 39.0 Å². The highest BCUT2D eigenvalue weighted by atomic mass is 16.4. The van der Waals surface area contributed by atoms with Gasteiger partial charge in [-0.3, -0.25) is 9.59 Å². The van der Waals surface area contributed by atoms with Crippen molar-refractivity contribution in [3.8, 4) is 0 Å². The molecule has 0 aromatic rings. The molecule has 4 heteroatoms. The van der Waals surface area contributed by atoms with Crippen LogP contribution in [-0.4, -0.2) is 23.5 Å². The van der Waals surface area contributed by atoms with Gasteiger partial charge < -0.3 is 10.4 Å². The van der Waals surface area contributed by atoms with Crippen molar-refractivity contribution in [2.24, 2.45) is 5.92 Å². The van der Waals surface area contributed by atoms with E-state index in [1.54, 1.807) is 0 Å². The van der Waals surface area contributed by atoms with E-state index in [0.717, 1.165) is 19.3 Å². The van der Waals surface area contributed by atoms with E-state index in [2.05, 4.69) is 18.8 Å². The Hall–Kier alpha value is -1.32. The minimum atomic E-state index is -0.753. The summed E-state index contributed by atoms with van der Waals surface area (Å²) in [6.07, 6.45) is 5.02. The molecule has 0 saturated heterocycles. The summed E-state index contributed by atoms with van der Waals surface area (Å²) in [5.74, 6) is -0.545. The second-order valence-electron chi connectivity index (χ2n) is 3.87. The van der Waals surface area contributed by atoms with Gasteiger partial charge in [0.25, 0.3) is 0 Å². The fourth-order valence-corrected chi connectivity index (χ4v) is 1.64. The second-order valence-corrected chi connectivity index (χ2v) is 3.87. The first-order chi connectivity index (χ1) is 7.60. The maximum atomic E-state index is 10.9. The Morgan fingerprint density at radius 2 is 2.06 bits per heavy atom. The quantitative estimate of drug-likeness (QED) is 0.592. The minimum Gasteiger partial charge on any atom is -0.481 e. The van der Waals surface area contributed by atoms with Crippen molar-refractivity contribution >= 4 is 11.9 Å². The van der Waals surface area contributed by atoms with E-state index in [1.165, 1.54) is 6.08 Å². The molecule has 4 nitrogen and oxygen atoms in total. The lowest BCUT2D eigenvalue weighted by Crippen LogP contribution is -2.24. The van der Waals surface area contributed by atoms with E-state index in [9.17, 15) is 9.59 Å². The summed E-state index contributed by atoms with van der Waals surface area (Å²) >= 11 is 0. The van der Waals surface area contributed by atoms with Crippen LogP contribution in [0.3, 0.4) is 0 Å². The standard InChI is InChI=1S/C12H21NO3/c1-3-5-10(6-7-12(15)16)8-9-13-11(14)4-2/h4,10H,2-3,5-9H2,1H3,(H,13,14)(H,15,16). The van der Waals surface area contributed by atoms with Gasteiger partial charge in [-0.2, -0.15) is 0 Å². The molecule has 0 aromatic heterocycles. The zero-order valence-electron chi connectivity index (χ0n) is 9.87. The van der Waals surface area contributed by atoms with Gasteiger partial charge in [0.05, 0.1) is 0 Å². The average molecular weight is 227 g/mol. The molecule has 0 bridgehead atoms. The van der Waals surface area contributed by atoms with Gasteiger partial charge in [0.15, 0.2) is 0 Å². The van der Waals surface area contributed by atoms with Crippen molar-refractivity contribution in [1.82, 2.24) is 5.32 Å². The molecule has 16 heavy (non-hydrogen) atoms. The number of carbonyl (C=O) groups is 2. The van der Waals surface area contributed by atoms with E-state index in [-0.39, 0.29) is 12.3 Å². The molecule has 0 aliphatic rings. The minimum absolute atomic E-state index is 0.173. The molecule has 0 aromatic carbocycles. The lowest BCUT2D eigenvalue weighted by molar-refractivity contribution is -0.137. The Labute approximate surface area is 96.7 Å². The van der Waals surface area contributed by atoms with Gasteiger partial charge in [-0.15, -0.1) is 0 Å². The monoisotopic (exact) mass is 227 g/mol. The topological polar surface area (TPSA) is 66.4 Å². The van der Waals surface area contributed by atoms with Gasteiger partial charge in [0.2, 0.25) is 5.91 Å². The van der Waals surface area contributed by atoms with Crippen LogP contribution in [0.2, 0.25) is 0 Å². The number of nitrogens with one attached hydrogen (secondary N) is 1. The summed E-state index contributed by atoms with van der Waals surface area (Å²) in [5, 5.41) is 11.3. The van der Waals surface area contributed by atoms with Gasteiger partial charge in [0.1, 0.15) is 0 Å². The molecule has 1 atom stereocenters. The largest absolute Gasteiger partial charge is 0.481 e. The number of amides is 1. The summed E-state index contributed by atoms with van der Waals surface area (Å²) in [6.45, 7) is 6.04. The Morgan fingerprint density at radius 1 is 1.38 bits per heavy atom. The first-order valence-corrected chi connectivity index (χ1v) is 5.72. The van der Waals surface area contributed by atoms with Crippen LogP contribution >= 0.6 is 0 Å². The third kappa shape index (κ3) is 8.03. The molecule has 0 fully saturated rings. The molecule has 0 heterocycles.